The van der Waals surface area contributed by atoms with Gasteiger partial charge in [-0.25, -0.2) is 4.98 Å². The van der Waals surface area contributed by atoms with Crippen LogP contribution >= 0.6 is 15.9 Å². The number of pyridine rings is 1. The Kier molecular flexibility index (Phi) is 5.50. The molecule has 3 heterocycles. The van der Waals surface area contributed by atoms with Crippen molar-refractivity contribution < 1.29 is 5.11 Å². The molecule has 25 heavy (non-hydrogen) atoms. The topological polar surface area (TPSA) is 87.4 Å². The smallest absolute Gasteiger partial charge is 0.173 e. The van der Waals surface area contributed by atoms with E-state index in [2.05, 4.69) is 55.5 Å². The second kappa shape index (κ2) is 7.79. The first-order valence-corrected chi connectivity index (χ1v) is 8.92. The minimum Gasteiger partial charge on any atom is -0.394 e. The first-order chi connectivity index (χ1) is 12.1. The van der Waals surface area contributed by atoms with Crippen molar-refractivity contribution in [1.82, 2.24) is 19.6 Å². The van der Waals surface area contributed by atoms with Gasteiger partial charge in [0.2, 0.25) is 0 Å². The third-order valence-electron chi connectivity index (χ3n) is 3.96. The van der Waals surface area contributed by atoms with Crippen LogP contribution in [0, 0.1) is 5.92 Å². The van der Waals surface area contributed by atoms with E-state index in [1.807, 2.05) is 24.4 Å². The summed E-state index contributed by atoms with van der Waals surface area (Å²) in [6.45, 7) is 4.78. The monoisotopic (exact) mass is 404 g/mol. The number of fused-ring (bicyclic) bond motifs is 1. The molecule has 0 bridgehead atoms. The van der Waals surface area contributed by atoms with Crippen LogP contribution in [0.2, 0.25) is 0 Å². The van der Waals surface area contributed by atoms with E-state index in [4.69, 9.17) is 0 Å². The first kappa shape index (κ1) is 17.6. The number of nitrogens with zero attached hydrogens (tertiary/aromatic N) is 4. The summed E-state index contributed by atoms with van der Waals surface area (Å²) in [6.07, 6.45) is 5.29. The van der Waals surface area contributed by atoms with Crippen LogP contribution in [0.4, 0.5) is 11.6 Å². The number of hydrogen-bond donors (Lipinski definition) is 3. The van der Waals surface area contributed by atoms with Gasteiger partial charge in [-0.05, 0) is 33.5 Å². The van der Waals surface area contributed by atoms with E-state index in [9.17, 15) is 5.11 Å². The summed E-state index contributed by atoms with van der Waals surface area (Å²) >= 11 is 3.48. The Balaban J connectivity index is 1.90. The minimum absolute atomic E-state index is 0.0450. The Morgan fingerprint density at radius 3 is 2.84 bits per heavy atom. The maximum atomic E-state index is 9.57. The molecule has 0 radical (unpaired) electrons. The Hall–Kier alpha value is -2.19. The molecule has 0 aliphatic rings. The van der Waals surface area contributed by atoms with Crippen LogP contribution in [0.25, 0.3) is 5.65 Å². The molecule has 7 nitrogen and oxygen atoms in total. The maximum Gasteiger partial charge on any atom is 0.173 e. The largest absolute Gasteiger partial charge is 0.394 e. The predicted molar refractivity (Wildman–Crippen MR) is 102 cm³/mol. The normalized spacial score (nSPS) is 12.5. The van der Waals surface area contributed by atoms with Crippen LogP contribution in [0.3, 0.4) is 0 Å². The van der Waals surface area contributed by atoms with Crippen LogP contribution in [-0.2, 0) is 6.54 Å². The Labute approximate surface area is 154 Å². The lowest BCUT2D eigenvalue weighted by Crippen LogP contribution is -2.30. The van der Waals surface area contributed by atoms with Gasteiger partial charge < -0.3 is 15.7 Å². The van der Waals surface area contributed by atoms with E-state index in [-0.39, 0.29) is 18.6 Å². The zero-order chi connectivity index (χ0) is 17.8. The molecule has 0 amide bonds. The molecule has 0 saturated carbocycles. The fourth-order valence-corrected chi connectivity index (χ4v) is 2.79. The van der Waals surface area contributed by atoms with Gasteiger partial charge in [-0.15, -0.1) is 0 Å². The molecular formula is C17H21BrN6O. The lowest BCUT2D eigenvalue weighted by Gasteiger charge is -2.21. The van der Waals surface area contributed by atoms with Gasteiger partial charge in [-0.2, -0.15) is 9.61 Å². The molecule has 3 N–H and O–H groups in total. The zero-order valence-corrected chi connectivity index (χ0v) is 15.7. The number of hydrogen-bond acceptors (Lipinski definition) is 6. The van der Waals surface area contributed by atoms with E-state index in [0.29, 0.717) is 18.0 Å². The van der Waals surface area contributed by atoms with Crippen molar-refractivity contribution in [3.63, 3.8) is 0 Å². The highest BCUT2D eigenvalue weighted by molar-refractivity contribution is 9.10. The van der Waals surface area contributed by atoms with Crippen LogP contribution in [-0.4, -0.2) is 37.3 Å². The minimum atomic E-state index is -0.0668. The van der Waals surface area contributed by atoms with Gasteiger partial charge in [-0.1, -0.05) is 19.9 Å². The van der Waals surface area contributed by atoms with Gasteiger partial charge in [0.1, 0.15) is 11.6 Å². The summed E-state index contributed by atoms with van der Waals surface area (Å²) in [4.78, 5) is 8.73. The molecule has 8 heteroatoms. The molecule has 0 aliphatic heterocycles. The number of aromatic nitrogens is 4. The van der Waals surface area contributed by atoms with Gasteiger partial charge >= 0.3 is 0 Å². The van der Waals surface area contributed by atoms with Crippen LogP contribution < -0.4 is 10.6 Å². The quantitative estimate of drug-likeness (QED) is 0.560. The molecule has 0 spiro atoms. The van der Waals surface area contributed by atoms with E-state index in [1.165, 1.54) is 0 Å². The second-order valence-corrected chi connectivity index (χ2v) is 7.00. The molecular weight excluding hydrogens is 384 g/mol. The number of nitrogens with one attached hydrogen (secondary N) is 2. The second-order valence-electron chi connectivity index (χ2n) is 6.15. The molecule has 0 saturated heterocycles. The summed E-state index contributed by atoms with van der Waals surface area (Å²) in [7, 11) is 0. The highest BCUT2D eigenvalue weighted by atomic mass is 79.9. The molecule has 3 aromatic heterocycles. The molecule has 3 rings (SSSR count). The Morgan fingerprint density at radius 2 is 2.16 bits per heavy atom. The lowest BCUT2D eigenvalue weighted by atomic mass is 10.1. The van der Waals surface area contributed by atoms with Crippen molar-refractivity contribution >= 4 is 33.2 Å². The third-order valence-corrected chi connectivity index (χ3v) is 4.52. The summed E-state index contributed by atoms with van der Waals surface area (Å²) in [6, 6.07) is 5.75. The maximum absolute atomic E-state index is 9.57. The molecule has 3 aromatic rings. The van der Waals surface area contributed by atoms with Gasteiger partial charge in [0.15, 0.2) is 5.65 Å². The van der Waals surface area contributed by atoms with Crippen molar-refractivity contribution in [3.05, 3.63) is 46.8 Å². The fraction of sp³-hybridized carbons (Fsp3) is 0.353. The van der Waals surface area contributed by atoms with E-state index in [1.54, 1.807) is 16.9 Å². The molecule has 0 fully saturated rings. The lowest BCUT2D eigenvalue weighted by molar-refractivity contribution is 0.249. The van der Waals surface area contributed by atoms with Gasteiger partial charge in [0.05, 0.1) is 23.3 Å². The number of halogens is 1. The summed E-state index contributed by atoms with van der Waals surface area (Å²) in [5.74, 6) is 1.78. The molecule has 1 atom stereocenters. The number of anilines is 2. The molecule has 132 valence electrons. The zero-order valence-electron chi connectivity index (χ0n) is 14.1. The summed E-state index contributed by atoms with van der Waals surface area (Å²) in [5.41, 5.74) is 1.78. The predicted octanol–water partition coefficient (Wildman–Crippen LogP) is 2.93. The summed E-state index contributed by atoms with van der Waals surface area (Å²) < 4.78 is 2.56. The van der Waals surface area contributed by atoms with Crippen LogP contribution in [0.15, 0.2) is 41.3 Å². The Morgan fingerprint density at radius 1 is 1.32 bits per heavy atom. The van der Waals surface area contributed by atoms with E-state index < -0.39 is 0 Å². The Bertz CT molecular complexity index is 836. The van der Waals surface area contributed by atoms with Gasteiger partial charge in [0.25, 0.3) is 0 Å². The number of aliphatic hydroxyl groups excluding tert-OH is 1. The number of rotatable bonds is 7. The van der Waals surface area contributed by atoms with Crippen molar-refractivity contribution in [2.24, 2.45) is 5.92 Å². The van der Waals surface area contributed by atoms with E-state index in [0.717, 1.165) is 15.9 Å². The van der Waals surface area contributed by atoms with Crippen molar-refractivity contribution in [3.8, 4) is 0 Å². The molecule has 0 aliphatic carbocycles. The number of aliphatic hydroxyl groups is 1. The first-order valence-electron chi connectivity index (χ1n) is 8.13. The van der Waals surface area contributed by atoms with Crippen molar-refractivity contribution in [2.75, 3.05) is 17.2 Å². The van der Waals surface area contributed by atoms with E-state index >= 15 is 0 Å². The van der Waals surface area contributed by atoms with Crippen molar-refractivity contribution in [1.29, 1.82) is 0 Å². The van der Waals surface area contributed by atoms with Gasteiger partial charge in [0, 0.05) is 25.0 Å². The van der Waals surface area contributed by atoms with Gasteiger partial charge in [-0.3, -0.25) is 4.98 Å². The third kappa shape index (κ3) is 4.08. The molecule has 1 unspecified atom stereocenters. The fourth-order valence-electron chi connectivity index (χ4n) is 2.44. The van der Waals surface area contributed by atoms with Crippen molar-refractivity contribution in [2.45, 2.75) is 26.4 Å². The highest BCUT2D eigenvalue weighted by Gasteiger charge is 2.15. The van der Waals surface area contributed by atoms with Crippen LogP contribution in [0.5, 0.6) is 0 Å². The standard InChI is InChI=1S/C17H21BrN6O/c1-11(2)14(10-25)22-15-6-16(20-8-12-4-3-5-19-7-12)24-17(23-15)13(18)9-21-24/h3-7,9,11,14,20,25H,8,10H2,1-2H3,(H,22,23). The van der Waals surface area contributed by atoms with Crippen LogP contribution in [0.1, 0.15) is 19.4 Å². The average molecular weight is 405 g/mol. The average Bonchev–Trinajstić information content (AvgIpc) is 2.99. The SMILES string of the molecule is CC(C)C(CO)Nc1cc(NCc2cccnc2)n2ncc(Br)c2n1. The summed E-state index contributed by atoms with van der Waals surface area (Å²) in [5, 5.41) is 20.6. The molecule has 0 aromatic carbocycles. The highest BCUT2D eigenvalue weighted by Crippen LogP contribution is 2.23.